The predicted octanol–water partition coefficient (Wildman–Crippen LogP) is 2.25. The van der Waals surface area contributed by atoms with Crippen LogP contribution in [-0.2, 0) is 0 Å². The zero-order valence-electron chi connectivity index (χ0n) is 7.70. The van der Waals surface area contributed by atoms with Crippen LogP contribution in [0.2, 0.25) is 5.15 Å². The Morgan fingerprint density at radius 2 is 2.29 bits per heavy atom. The second kappa shape index (κ2) is 3.07. The molecule has 72 valence electrons. The van der Waals surface area contributed by atoms with E-state index in [-0.39, 0.29) is 0 Å². The second-order valence-corrected chi connectivity index (χ2v) is 4.28. The molecule has 2 atom stereocenters. The lowest BCUT2D eigenvalue weighted by atomic mass is 9.94. The molecular weight excluding hydrogens is 196 g/mol. The summed E-state index contributed by atoms with van der Waals surface area (Å²) in [6.07, 6.45) is 6.70. The van der Waals surface area contributed by atoms with Crippen LogP contribution in [0.5, 0.6) is 0 Å². The minimum Gasteiger partial charge on any atom is -0.304 e. The summed E-state index contributed by atoms with van der Waals surface area (Å²) < 4.78 is 0. The van der Waals surface area contributed by atoms with Gasteiger partial charge in [-0.25, -0.2) is 4.98 Å². The van der Waals surface area contributed by atoms with Gasteiger partial charge in [-0.05, 0) is 30.0 Å². The third-order valence-corrected chi connectivity index (χ3v) is 3.22. The Morgan fingerprint density at radius 1 is 1.36 bits per heavy atom. The van der Waals surface area contributed by atoms with Gasteiger partial charge in [-0.15, -0.1) is 0 Å². The lowest BCUT2D eigenvalue weighted by Gasteiger charge is -2.11. The Kier molecular flexibility index (Phi) is 1.85. The quantitative estimate of drug-likeness (QED) is 0.713. The summed E-state index contributed by atoms with van der Waals surface area (Å²) >= 11 is 5.75. The van der Waals surface area contributed by atoms with Crippen LogP contribution in [0, 0.1) is 0 Å². The van der Waals surface area contributed by atoms with E-state index in [1.54, 1.807) is 0 Å². The highest BCUT2D eigenvalue weighted by Crippen LogP contribution is 2.33. The monoisotopic (exact) mass is 206 g/mol. The lowest BCUT2D eigenvalue weighted by molar-refractivity contribution is 0.721. The van der Waals surface area contributed by atoms with Crippen LogP contribution in [0.3, 0.4) is 0 Å². The minimum atomic E-state index is 0.544. The average Bonchev–Trinajstić information content (AvgIpc) is 2.80. The van der Waals surface area contributed by atoms with Gasteiger partial charge < -0.3 is 5.32 Å². The summed E-state index contributed by atoms with van der Waals surface area (Å²) in [7, 11) is 0. The second-order valence-electron chi connectivity index (χ2n) is 3.89. The van der Waals surface area contributed by atoms with E-state index < -0.39 is 0 Å². The van der Waals surface area contributed by atoms with Crippen LogP contribution in [0.4, 0.5) is 0 Å². The van der Waals surface area contributed by atoms with Gasteiger partial charge in [-0.1, -0.05) is 23.7 Å². The van der Waals surface area contributed by atoms with E-state index in [0.29, 0.717) is 17.2 Å². The third-order valence-electron chi connectivity index (χ3n) is 3.00. The van der Waals surface area contributed by atoms with E-state index in [2.05, 4.69) is 16.4 Å². The van der Waals surface area contributed by atoms with Gasteiger partial charge in [0, 0.05) is 18.3 Å². The number of hydrogen-bond acceptors (Lipinski definition) is 2. The van der Waals surface area contributed by atoms with Crippen molar-refractivity contribution in [1.82, 2.24) is 10.3 Å². The molecule has 0 amide bonds. The van der Waals surface area contributed by atoms with Gasteiger partial charge in [0.05, 0.1) is 0 Å². The number of nitrogens with one attached hydrogen (secondary N) is 1. The molecule has 3 heterocycles. The lowest BCUT2D eigenvalue weighted by Crippen LogP contribution is -2.21. The van der Waals surface area contributed by atoms with Crippen LogP contribution in [0.25, 0.3) is 5.57 Å². The molecule has 0 aliphatic carbocycles. The molecule has 1 saturated heterocycles. The first-order valence-corrected chi connectivity index (χ1v) is 5.30. The summed E-state index contributed by atoms with van der Waals surface area (Å²) in [6.45, 7) is 0. The van der Waals surface area contributed by atoms with Crippen LogP contribution in [0.1, 0.15) is 18.4 Å². The number of hydrogen-bond donors (Lipinski definition) is 1. The summed E-state index contributed by atoms with van der Waals surface area (Å²) in [5, 5.41) is 4.10. The third kappa shape index (κ3) is 1.26. The maximum absolute atomic E-state index is 5.75. The van der Waals surface area contributed by atoms with Crippen molar-refractivity contribution in [3.63, 3.8) is 0 Å². The average molecular weight is 207 g/mol. The van der Waals surface area contributed by atoms with Crippen molar-refractivity contribution >= 4 is 17.2 Å². The van der Waals surface area contributed by atoms with Crippen molar-refractivity contribution in [3.05, 3.63) is 35.1 Å². The molecule has 0 spiro atoms. The van der Waals surface area contributed by atoms with E-state index in [9.17, 15) is 0 Å². The maximum Gasteiger partial charge on any atom is 0.129 e. The number of rotatable bonds is 1. The zero-order chi connectivity index (χ0) is 9.54. The van der Waals surface area contributed by atoms with Gasteiger partial charge >= 0.3 is 0 Å². The van der Waals surface area contributed by atoms with Gasteiger partial charge in [0.25, 0.3) is 0 Å². The van der Waals surface area contributed by atoms with Crippen molar-refractivity contribution in [2.75, 3.05) is 0 Å². The van der Waals surface area contributed by atoms with Crippen LogP contribution >= 0.6 is 11.6 Å². The Labute approximate surface area is 88.0 Å². The molecule has 3 heteroatoms. The van der Waals surface area contributed by atoms with Gasteiger partial charge in [-0.3, -0.25) is 0 Å². The minimum absolute atomic E-state index is 0.544. The van der Waals surface area contributed by atoms with E-state index >= 15 is 0 Å². The highest BCUT2D eigenvalue weighted by molar-refractivity contribution is 6.29. The van der Waals surface area contributed by atoms with Crippen LogP contribution in [-0.4, -0.2) is 17.1 Å². The fourth-order valence-corrected chi connectivity index (χ4v) is 2.44. The van der Waals surface area contributed by atoms with Gasteiger partial charge in [-0.2, -0.15) is 0 Å². The fourth-order valence-electron chi connectivity index (χ4n) is 2.32. The number of halogens is 1. The Morgan fingerprint density at radius 3 is 2.86 bits per heavy atom. The van der Waals surface area contributed by atoms with Crippen molar-refractivity contribution in [1.29, 1.82) is 0 Å². The zero-order valence-corrected chi connectivity index (χ0v) is 8.46. The molecule has 1 aromatic heterocycles. The smallest absolute Gasteiger partial charge is 0.129 e. The van der Waals surface area contributed by atoms with E-state index in [4.69, 9.17) is 11.6 Å². The van der Waals surface area contributed by atoms with Crippen molar-refractivity contribution in [2.24, 2.45) is 0 Å². The molecular formula is C11H11ClN2. The molecule has 2 aliphatic rings. The summed E-state index contributed by atoms with van der Waals surface area (Å²) in [4.78, 5) is 4.10. The Balaban J connectivity index is 1.96. The first kappa shape index (κ1) is 8.45. The number of aromatic nitrogens is 1. The summed E-state index contributed by atoms with van der Waals surface area (Å²) in [6, 6.07) is 5.03. The number of fused-ring (bicyclic) bond motifs is 2. The molecule has 2 bridgehead atoms. The molecule has 14 heavy (non-hydrogen) atoms. The molecule has 1 aromatic rings. The number of pyridine rings is 1. The SMILES string of the molecule is Clc1ccc(C2=CC3CCC2N3)cn1. The van der Waals surface area contributed by atoms with Crippen molar-refractivity contribution in [2.45, 2.75) is 24.9 Å². The predicted molar refractivity (Wildman–Crippen MR) is 57.2 cm³/mol. The molecule has 2 aliphatic heterocycles. The normalized spacial score (nSPS) is 29.4. The highest BCUT2D eigenvalue weighted by atomic mass is 35.5. The van der Waals surface area contributed by atoms with Gasteiger partial charge in [0.1, 0.15) is 5.15 Å². The first-order valence-electron chi connectivity index (χ1n) is 4.92. The first-order chi connectivity index (χ1) is 6.83. The van der Waals surface area contributed by atoms with E-state index in [0.717, 1.165) is 0 Å². The van der Waals surface area contributed by atoms with Crippen LogP contribution < -0.4 is 5.32 Å². The summed E-state index contributed by atoms with van der Waals surface area (Å²) in [5.41, 5.74) is 2.60. The highest BCUT2D eigenvalue weighted by Gasteiger charge is 2.32. The molecule has 1 N–H and O–H groups in total. The largest absolute Gasteiger partial charge is 0.304 e. The van der Waals surface area contributed by atoms with Crippen molar-refractivity contribution in [3.8, 4) is 0 Å². The molecule has 2 nitrogen and oxygen atoms in total. The van der Waals surface area contributed by atoms with Crippen molar-refractivity contribution < 1.29 is 0 Å². The Bertz CT molecular complexity index is 383. The van der Waals surface area contributed by atoms with Gasteiger partial charge in [0.15, 0.2) is 0 Å². The molecule has 0 aromatic carbocycles. The molecule has 3 rings (SSSR count). The molecule has 0 saturated carbocycles. The fraction of sp³-hybridized carbons (Fsp3) is 0.364. The standard InChI is InChI=1S/C11H11ClN2/c12-11-4-1-7(6-13-11)9-5-8-2-3-10(9)14-8/h1,4-6,8,10,14H,2-3H2. The van der Waals surface area contributed by atoms with E-state index in [1.165, 1.54) is 24.0 Å². The Hall–Kier alpha value is -0.860. The molecule has 0 radical (unpaired) electrons. The van der Waals surface area contributed by atoms with Crippen LogP contribution in [0.15, 0.2) is 24.4 Å². The van der Waals surface area contributed by atoms with E-state index in [1.807, 2.05) is 18.3 Å². The molecule has 2 unspecified atom stereocenters. The topological polar surface area (TPSA) is 24.9 Å². The summed E-state index contributed by atoms with van der Waals surface area (Å²) in [5.74, 6) is 0. The maximum atomic E-state index is 5.75. The number of nitrogens with zero attached hydrogens (tertiary/aromatic N) is 1. The van der Waals surface area contributed by atoms with Gasteiger partial charge in [0.2, 0.25) is 0 Å². The molecule has 1 fully saturated rings.